The molecule has 0 amide bonds. The molecule has 4 nitrogen and oxygen atoms in total. The van der Waals surface area contributed by atoms with Gasteiger partial charge in [-0.05, 0) is 23.1 Å². The molecule has 0 unspecified atom stereocenters. The van der Waals surface area contributed by atoms with Crippen molar-refractivity contribution in [3.8, 4) is 11.1 Å². The van der Waals surface area contributed by atoms with Crippen LogP contribution in [0.1, 0.15) is 0 Å². The summed E-state index contributed by atoms with van der Waals surface area (Å²) in [4.78, 5) is 12.3. The average Bonchev–Trinajstić information content (AvgIpc) is 3.08. The summed E-state index contributed by atoms with van der Waals surface area (Å²) in [6, 6.07) is 11.7. The maximum absolute atomic E-state index is 12.3. The van der Waals surface area contributed by atoms with E-state index in [0.29, 0.717) is 11.0 Å². The number of benzene rings is 2. The van der Waals surface area contributed by atoms with Crippen molar-refractivity contribution in [2.75, 3.05) is 0 Å². The van der Waals surface area contributed by atoms with E-state index in [0.717, 1.165) is 27.4 Å². The topological polar surface area (TPSA) is 58.9 Å². The summed E-state index contributed by atoms with van der Waals surface area (Å²) in [5.74, 6) is 0. The molecule has 0 spiro atoms. The minimum atomic E-state index is -0.318. The van der Waals surface area contributed by atoms with Crippen molar-refractivity contribution < 1.29 is 4.42 Å². The van der Waals surface area contributed by atoms with Gasteiger partial charge in [0, 0.05) is 17.1 Å². The first-order chi connectivity index (χ1) is 10.8. The Bertz CT molecular complexity index is 1040. The molecule has 2 aromatic heterocycles. The van der Waals surface area contributed by atoms with E-state index in [1.807, 2.05) is 50.5 Å². The van der Waals surface area contributed by atoms with E-state index in [9.17, 15) is 4.79 Å². The van der Waals surface area contributed by atoms with Crippen molar-refractivity contribution in [2.24, 2.45) is 0 Å². The third kappa shape index (κ3) is 1.94. The summed E-state index contributed by atoms with van der Waals surface area (Å²) in [7, 11) is 1.98. The number of rotatable bonds is 2. The first kappa shape index (κ1) is 12.9. The van der Waals surface area contributed by atoms with Crippen molar-refractivity contribution in [2.45, 2.75) is 6.82 Å². The van der Waals surface area contributed by atoms with Gasteiger partial charge in [-0.25, -0.2) is 4.79 Å². The lowest BCUT2D eigenvalue weighted by molar-refractivity contribution is 0.570. The van der Waals surface area contributed by atoms with Crippen LogP contribution >= 0.6 is 0 Å². The highest BCUT2D eigenvalue weighted by Crippen LogP contribution is 2.26. The van der Waals surface area contributed by atoms with E-state index in [4.69, 9.17) is 4.42 Å². The number of fused-ring (bicyclic) bond motifs is 3. The number of aromatic amines is 1. The molecular weight excluding hydrogens is 275 g/mol. The highest BCUT2D eigenvalue weighted by Gasteiger charge is 2.09. The van der Waals surface area contributed by atoms with E-state index < -0.39 is 0 Å². The largest absolute Gasteiger partial charge is 0.422 e. The van der Waals surface area contributed by atoms with E-state index in [1.54, 1.807) is 12.4 Å². The highest BCUT2D eigenvalue weighted by molar-refractivity contribution is 6.52. The zero-order valence-corrected chi connectivity index (χ0v) is 12.0. The molecule has 0 bridgehead atoms. The Morgan fingerprint density at radius 2 is 1.91 bits per heavy atom. The summed E-state index contributed by atoms with van der Waals surface area (Å²) in [5.41, 5.74) is 3.21. The molecule has 105 valence electrons. The SMILES string of the molecule is C[B]c1ccc2c(c1)oc(=O)c1cc(-c3cn[nH]c3)ccc12. The van der Waals surface area contributed by atoms with Crippen LogP contribution < -0.4 is 11.1 Å². The van der Waals surface area contributed by atoms with Gasteiger partial charge in [0.05, 0.1) is 11.6 Å². The van der Waals surface area contributed by atoms with Crippen LogP contribution in [-0.2, 0) is 0 Å². The van der Waals surface area contributed by atoms with Gasteiger partial charge in [-0.2, -0.15) is 5.10 Å². The summed E-state index contributed by atoms with van der Waals surface area (Å²) in [5, 5.41) is 9.15. The number of hydrogen-bond acceptors (Lipinski definition) is 3. The van der Waals surface area contributed by atoms with Gasteiger partial charge < -0.3 is 4.42 Å². The minimum Gasteiger partial charge on any atom is -0.422 e. The number of nitrogens with zero attached hydrogens (tertiary/aromatic N) is 1. The third-order valence-corrected chi connectivity index (χ3v) is 3.90. The van der Waals surface area contributed by atoms with Crippen LogP contribution in [0, 0.1) is 0 Å². The van der Waals surface area contributed by atoms with Crippen LogP contribution in [0.25, 0.3) is 32.9 Å². The lowest BCUT2D eigenvalue weighted by Gasteiger charge is -2.05. The predicted molar refractivity (Wildman–Crippen MR) is 88.8 cm³/mol. The molecular formula is C17H12BN2O2. The number of aromatic nitrogens is 2. The second-order valence-electron chi connectivity index (χ2n) is 5.18. The molecule has 1 N–H and O–H groups in total. The van der Waals surface area contributed by atoms with Gasteiger partial charge in [-0.15, -0.1) is 0 Å². The quantitative estimate of drug-likeness (QED) is 0.350. The van der Waals surface area contributed by atoms with Crippen LogP contribution in [0.5, 0.6) is 0 Å². The molecule has 22 heavy (non-hydrogen) atoms. The predicted octanol–water partition coefficient (Wildman–Crippen LogP) is 2.71. The Kier molecular flexibility index (Phi) is 2.86. The molecule has 0 aliphatic carbocycles. The molecule has 4 rings (SSSR count). The average molecular weight is 287 g/mol. The van der Waals surface area contributed by atoms with E-state index in [-0.39, 0.29) is 5.63 Å². The number of hydrogen-bond donors (Lipinski definition) is 1. The highest BCUT2D eigenvalue weighted by atomic mass is 16.4. The first-order valence-corrected chi connectivity index (χ1v) is 7.05. The fraction of sp³-hybridized carbons (Fsp3) is 0.0588. The van der Waals surface area contributed by atoms with E-state index in [1.165, 1.54) is 0 Å². The summed E-state index contributed by atoms with van der Waals surface area (Å²) in [6.07, 6.45) is 3.53. The molecule has 0 saturated carbocycles. The van der Waals surface area contributed by atoms with E-state index >= 15 is 0 Å². The molecule has 2 heterocycles. The van der Waals surface area contributed by atoms with Gasteiger partial charge in [0.2, 0.25) is 0 Å². The molecule has 0 saturated heterocycles. The number of nitrogens with one attached hydrogen (secondary N) is 1. The van der Waals surface area contributed by atoms with Crippen molar-refractivity contribution >= 4 is 34.5 Å². The van der Waals surface area contributed by atoms with Gasteiger partial charge in [-0.1, -0.05) is 36.6 Å². The molecule has 0 aliphatic heterocycles. The Morgan fingerprint density at radius 1 is 1.05 bits per heavy atom. The molecule has 1 radical (unpaired) electrons. The summed E-state index contributed by atoms with van der Waals surface area (Å²) >= 11 is 0. The lowest BCUT2D eigenvalue weighted by Crippen LogP contribution is -2.10. The van der Waals surface area contributed by atoms with Gasteiger partial charge >= 0.3 is 5.63 Å². The zero-order chi connectivity index (χ0) is 15.1. The fourth-order valence-electron chi connectivity index (χ4n) is 2.72. The van der Waals surface area contributed by atoms with Gasteiger partial charge in [0.15, 0.2) is 0 Å². The Hall–Kier alpha value is -2.82. The van der Waals surface area contributed by atoms with Crippen LogP contribution in [0.2, 0.25) is 6.82 Å². The molecule has 0 fully saturated rings. The second-order valence-corrected chi connectivity index (χ2v) is 5.18. The Balaban J connectivity index is 2.04. The van der Waals surface area contributed by atoms with Crippen molar-refractivity contribution in [3.63, 3.8) is 0 Å². The Labute approximate surface area is 127 Å². The molecule has 0 aliphatic rings. The smallest absolute Gasteiger partial charge is 0.344 e. The summed E-state index contributed by atoms with van der Waals surface area (Å²) < 4.78 is 5.49. The Morgan fingerprint density at radius 3 is 2.68 bits per heavy atom. The van der Waals surface area contributed by atoms with Gasteiger partial charge in [0.25, 0.3) is 0 Å². The van der Waals surface area contributed by atoms with Crippen molar-refractivity contribution in [1.29, 1.82) is 0 Å². The summed E-state index contributed by atoms with van der Waals surface area (Å²) in [6.45, 7) is 1.96. The lowest BCUT2D eigenvalue weighted by atomic mass is 9.73. The standard InChI is InChI=1S/C17H12BN2O2/c1-18-12-3-5-14-13-4-2-10(11-8-19-20-9-11)6-15(13)17(21)22-16(14)7-12/h2-9H,1H3,(H,19,20). The van der Waals surface area contributed by atoms with Crippen LogP contribution in [0.15, 0.2) is 58.0 Å². The monoisotopic (exact) mass is 287 g/mol. The van der Waals surface area contributed by atoms with Crippen molar-refractivity contribution in [1.82, 2.24) is 10.2 Å². The van der Waals surface area contributed by atoms with Gasteiger partial charge in [-0.3, -0.25) is 5.10 Å². The zero-order valence-electron chi connectivity index (χ0n) is 12.0. The van der Waals surface area contributed by atoms with E-state index in [2.05, 4.69) is 10.2 Å². The first-order valence-electron chi connectivity index (χ1n) is 7.05. The fourth-order valence-corrected chi connectivity index (χ4v) is 2.72. The molecule has 2 aromatic carbocycles. The number of H-pyrrole nitrogens is 1. The van der Waals surface area contributed by atoms with Crippen LogP contribution in [-0.4, -0.2) is 17.5 Å². The molecule has 4 aromatic rings. The van der Waals surface area contributed by atoms with Crippen molar-refractivity contribution in [3.05, 3.63) is 59.2 Å². The normalized spacial score (nSPS) is 11.1. The minimum absolute atomic E-state index is 0.318. The maximum Gasteiger partial charge on any atom is 0.344 e. The maximum atomic E-state index is 12.3. The molecule has 0 atom stereocenters. The van der Waals surface area contributed by atoms with Crippen LogP contribution in [0.4, 0.5) is 0 Å². The molecule has 5 heteroatoms. The van der Waals surface area contributed by atoms with Crippen LogP contribution in [0.3, 0.4) is 0 Å². The van der Waals surface area contributed by atoms with Gasteiger partial charge in [0.1, 0.15) is 12.9 Å². The second kappa shape index (κ2) is 4.88. The third-order valence-electron chi connectivity index (χ3n) is 3.90.